The lowest BCUT2D eigenvalue weighted by molar-refractivity contribution is -0.140. The Hall–Kier alpha value is -4.73. The van der Waals surface area contributed by atoms with Gasteiger partial charge in [0.25, 0.3) is 0 Å². The quantitative estimate of drug-likeness (QED) is 0.218. The van der Waals surface area contributed by atoms with E-state index in [0.717, 1.165) is 18.2 Å². The minimum absolute atomic E-state index is 0.00856. The van der Waals surface area contributed by atoms with Crippen LogP contribution in [0.1, 0.15) is 23.5 Å². The summed E-state index contributed by atoms with van der Waals surface area (Å²) in [5, 5.41) is 50.7. The summed E-state index contributed by atoms with van der Waals surface area (Å²) in [5.41, 5.74) is -0.732. The van der Waals surface area contributed by atoms with Crippen molar-refractivity contribution in [2.24, 2.45) is 0 Å². The number of hydrogen-bond donors (Lipinski definition) is 5. The SMILES string of the molecule is COC(=O)C[C@H](c1ccncc1)c1c(O)cc(O)c2c(=O)c(O)c(-c3ccc(O)c(O)c3)oc12. The fraction of sp³-hybridized carbons (Fsp3) is 0.125. The normalized spacial score (nSPS) is 11.9. The maximum atomic E-state index is 13.0. The van der Waals surface area contributed by atoms with Crippen molar-refractivity contribution < 1.29 is 39.5 Å². The summed E-state index contributed by atoms with van der Waals surface area (Å²) in [6, 6.07) is 7.61. The van der Waals surface area contributed by atoms with Crippen molar-refractivity contribution in [3.05, 3.63) is 70.1 Å². The van der Waals surface area contributed by atoms with Crippen molar-refractivity contribution in [2.45, 2.75) is 12.3 Å². The van der Waals surface area contributed by atoms with Crippen molar-refractivity contribution in [1.82, 2.24) is 4.98 Å². The molecule has 2 aromatic carbocycles. The minimum atomic E-state index is -1.01. The number of carbonyl (C=O) groups excluding carboxylic acids is 1. The monoisotopic (exact) mass is 465 g/mol. The molecule has 2 aromatic heterocycles. The largest absolute Gasteiger partial charge is 0.507 e. The molecule has 1 atom stereocenters. The molecule has 10 heteroatoms. The molecular formula is C24H19NO9. The molecule has 0 aliphatic carbocycles. The Labute approximate surface area is 191 Å². The Morgan fingerprint density at radius 3 is 2.32 bits per heavy atom. The maximum Gasteiger partial charge on any atom is 0.306 e. The number of esters is 1. The third kappa shape index (κ3) is 3.81. The van der Waals surface area contributed by atoms with Gasteiger partial charge in [0.1, 0.15) is 22.5 Å². The lowest BCUT2D eigenvalue weighted by Gasteiger charge is -2.20. The molecule has 0 aliphatic heterocycles. The molecule has 0 spiro atoms. The maximum absolute atomic E-state index is 13.0. The van der Waals surface area contributed by atoms with E-state index in [1.165, 1.54) is 25.6 Å². The number of benzene rings is 2. The number of hydrogen-bond acceptors (Lipinski definition) is 10. The molecular weight excluding hydrogens is 446 g/mol. The van der Waals surface area contributed by atoms with E-state index in [1.54, 1.807) is 12.1 Å². The molecule has 0 radical (unpaired) electrons. The average molecular weight is 465 g/mol. The fourth-order valence-electron chi connectivity index (χ4n) is 3.77. The molecule has 0 fully saturated rings. The Kier molecular flexibility index (Phi) is 5.72. The minimum Gasteiger partial charge on any atom is -0.507 e. The van der Waals surface area contributed by atoms with Gasteiger partial charge in [0.2, 0.25) is 11.2 Å². The number of pyridine rings is 1. The van der Waals surface area contributed by atoms with Gasteiger partial charge in [-0.3, -0.25) is 14.6 Å². The van der Waals surface area contributed by atoms with Crippen LogP contribution in [0.3, 0.4) is 0 Å². The standard InChI is InChI=1S/C24H19NO9/c1-33-18(30)9-13(11-4-6-25-7-5-11)19-16(28)10-17(29)20-21(31)22(32)23(34-24(19)20)12-2-3-14(26)15(27)8-12/h2-8,10,13,26-29,32H,9H2,1H3/t13-/m1/s1. The topological polar surface area (TPSA) is 171 Å². The van der Waals surface area contributed by atoms with Gasteiger partial charge in [-0.15, -0.1) is 0 Å². The molecule has 0 saturated heterocycles. The van der Waals surface area contributed by atoms with E-state index in [-0.39, 0.29) is 28.9 Å². The van der Waals surface area contributed by atoms with Gasteiger partial charge in [-0.1, -0.05) is 0 Å². The number of carbonyl (C=O) groups is 1. The molecule has 0 amide bonds. The van der Waals surface area contributed by atoms with Crippen molar-refractivity contribution in [3.63, 3.8) is 0 Å². The van der Waals surface area contributed by atoms with Gasteiger partial charge in [0.15, 0.2) is 17.3 Å². The van der Waals surface area contributed by atoms with Crippen LogP contribution in [0.5, 0.6) is 28.7 Å². The zero-order valence-electron chi connectivity index (χ0n) is 17.7. The predicted octanol–water partition coefficient (Wildman–Crippen LogP) is 3.08. The van der Waals surface area contributed by atoms with Crippen LogP contribution in [-0.2, 0) is 9.53 Å². The summed E-state index contributed by atoms with van der Waals surface area (Å²) in [6.45, 7) is 0. The second-order valence-corrected chi connectivity index (χ2v) is 7.46. The fourth-order valence-corrected chi connectivity index (χ4v) is 3.77. The van der Waals surface area contributed by atoms with Crippen LogP contribution in [0.2, 0.25) is 0 Å². The van der Waals surface area contributed by atoms with E-state index in [4.69, 9.17) is 9.15 Å². The number of rotatable bonds is 5. The average Bonchev–Trinajstić information content (AvgIpc) is 2.82. The Morgan fingerprint density at radius 1 is 0.971 bits per heavy atom. The third-order valence-corrected chi connectivity index (χ3v) is 5.43. The Morgan fingerprint density at radius 2 is 1.68 bits per heavy atom. The summed E-state index contributed by atoms with van der Waals surface area (Å²) >= 11 is 0. The Balaban J connectivity index is 2.08. The molecule has 174 valence electrons. The number of fused-ring (bicyclic) bond motifs is 1. The third-order valence-electron chi connectivity index (χ3n) is 5.43. The highest BCUT2D eigenvalue weighted by atomic mass is 16.5. The number of aromatic nitrogens is 1. The molecule has 0 saturated carbocycles. The molecule has 4 rings (SSSR count). The highest BCUT2D eigenvalue weighted by Crippen LogP contribution is 2.44. The van der Waals surface area contributed by atoms with Crippen molar-refractivity contribution >= 4 is 16.9 Å². The second-order valence-electron chi connectivity index (χ2n) is 7.46. The molecule has 10 nitrogen and oxygen atoms in total. The van der Waals surface area contributed by atoms with Crippen LogP contribution in [0.4, 0.5) is 0 Å². The van der Waals surface area contributed by atoms with Crippen LogP contribution >= 0.6 is 0 Å². The first kappa shape index (κ1) is 22.5. The zero-order chi connectivity index (χ0) is 24.6. The van der Waals surface area contributed by atoms with Crippen LogP contribution < -0.4 is 5.43 Å². The van der Waals surface area contributed by atoms with E-state index < -0.39 is 51.4 Å². The highest BCUT2D eigenvalue weighted by Gasteiger charge is 2.29. The van der Waals surface area contributed by atoms with E-state index in [1.807, 2.05) is 0 Å². The first-order valence-corrected chi connectivity index (χ1v) is 9.96. The van der Waals surface area contributed by atoms with Gasteiger partial charge in [0.05, 0.1) is 13.5 Å². The van der Waals surface area contributed by atoms with E-state index in [9.17, 15) is 35.1 Å². The van der Waals surface area contributed by atoms with Crippen LogP contribution in [0, 0.1) is 0 Å². The lowest BCUT2D eigenvalue weighted by atomic mass is 9.87. The van der Waals surface area contributed by atoms with Gasteiger partial charge < -0.3 is 34.7 Å². The number of ether oxygens (including phenoxy) is 1. The van der Waals surface area contributed by atoms with Crippen LogP contribution in [0.15, 0.2) is 58.0 Å². The predicted molar refractivity (Wildman–Crippen MR) is 119 cm³/mol. The second kappa shape index (κ2) is 8.66. The van der Waals surface area contributed by atoms with Crippen LogP contribution in [-0.4, -0.2) is 43.6 Å². The van der Waals surface area contributed by atoms with Gasteiger partial charge in [-0.05, 0) is 35.9 Å². The highest BCUT2D eigenvalue weighted by molar-refractivity contribution is 5.92. The van der Waals surface area contributed by atoms with Crippen molar-refractivity contribution in [1.29, 1.82) is 0 Å². The summed E-state index contributed by atoms with van der Waals surface area (Å²) in [7, 11) is 1.20. The summed E-state index contributed by atoms with van der Waals surface area (Å²) in [6.07, 6.45) is 2.70. The first-order chi connectivity index (χ1) is 16.2. The molecule has 0 aliphatic rings. The summed E-state index contributed by atoms with van der Waals surface area (Å²) < 4.78 is 10.6. The molecule has 34 heavy (non-hydrogen) atoms. The lowest BCUT2D eigenvalue weighted by Crippen LogP contribution is -2.12. The number of aromatic hydroxyl groups is 5. The van der Waals surface area contributed by atoms with Gasteiger partial charge in [-0.25, -0.2) is 0 Å². The van der Waals surface area contributed by atoms with Crippen LogP contribution in [0.25, 0.3) is 22.3 Å². The first-order valence-electron chi connectivity index (χ1n) is 9.96. The summed E-state index contributed by atoms with van der Waals surface area (Å²) in [4.78, 5) is 29.2. The Bertz CT molecular complexity index is 1460. The molecule has 0 bridgehead atoms. The van der Waals surface area contributed by atoms with E-state index in [2.05, 4.69) is 4.98 Å². The molecule has 4 aromatic rings. The smallest absolute Gasteiger partial charge is 0.306 e. The van der Waals surface area contributed by atoms with Gasteiger partial charge in [-0.2, -0.15) is 0 Å². The summed E-state index contributed by atoms with van der Waals surface area (Å²) in [5.74, 6) is -4.82. The van der Waals surface area contributed by atoms with Crippen molar-refractivity contribution in [3.8, 4) is 40.1 Å². The molecule has 2 heterocycles. The number of phenolic OH excluding ortho intramolecular Hbond substituents is 4. The van der Waals surface area contributed by atoms with E-state index >= 15 is 0 Å². The van der Waals surface area contributed by atoms with Gasteiger partial charge in [0, 0.05) is 35.5 Å². The number of nitrogens with zero attached hydrogens (tertiary/aromatic N) is 1. The van der Waals surface area contributed by atoms with E-state index in [0.29, 0.717) is 5.56 Å². The molecule has 5 N–H and O–H groups in total. The number of phenols is 4. The van der Waals surface area contributed by atoms with Gasteiger partial charge >= 0.3 is 5.97 Å². The number of methoxy groups -OCH3 is 1. The molecule has 0 unspecified atom stereocenters. The van der Waals surface area contributed by atoms with Crippen molar-refractivity contribution in [2.75, 3.05) is 7.11 Å². The zero-order valence-corrected chi connectivity index (χ0v) is 17.7.